The number of esters is 1. The number of nitrogens with one attached hydrogen (secondary N) is 1. The van der Waals surface area contributed by atoms with E-state index >= 15 is 0 Å². The summed E-state index contributed by atoms with van der Waals surface area (Å²) in [5.74, 6) is -1.24. The molecule has 0 bridgehead atoms. The van der Waals surface area contributed by atoms with Gasteiger partial charge in [-0.3, -0.25) is 4.79 Å². The molecule has 1 N–H and O–H groups in total. The average molecular weight is 544 g/mol. The van der Waals surface area contributed by atoms with Crippen LogP contribution in [0.25, 0.3) is 11.1 Å². The highest BCUT2D eigenvalue weighted by atomic mass is 19.1. The van der Waals surface area contributed by atoms with Crippen molar-refractivity contribution >= 4 is 23.7 Å². The fourth-order valence-corrected chi connectivity index (χ4v) is 4.72. The molecule has 2 amide bonds. The van der Waals surface area contributed by atoms with Crippen LogP contribution in [0.5, 0.6) is 0 Å². The third kappa shape index (κ3) is 7.47. The van der Waals surface area contributed by atoms with Crippen LogP contribution in [-0.4, -0.2) is 81.5 Å². The molecule has 1 unspecified atom stereocenters. The fraction of sp³-hybridized carbons (Fsp3) is 0.483. The maximum atomic E-state index is 13.9. The topological polar surface area (TPSA) is 97.4 Å². The Hall–Kier alpha value is -3.66. The molecule has 1 fully saturated rings. The molecule has 1 heterocycles. The van der Waals surface area contributed by atoms with Gasteiger partial charge in [0.1, 0.15) is 17.0 Å². The van der Waals surface area contributed by atoms with E-state index in [9.17, 15) is 18.8 Å². The molecular weight excluding hydrogens is 505 g/mol. The average Bonchev–Trinajstić information content (AvgIpc) is 2.89. The van der Waals surface area contributed by atoms with Crippen LogP contribution in [0.4, 0.5) is 14.9 Å². The third-order valence-electron chi connectivity index (χ3n) is 6.52. The van der Waals surface area contributed by atoms with Crippen molar-refractivity contribution in [3.05, 3.63) is 53.8 Å². The highest BCUT2D eigenvalue weighted by Crippen LogP contribution is 2.33. The van der Waals surface area contributed by atoms with Gasteiger partial charge in [0.15, 0.2) is 0 Å². The highest BCUT2D eigenvalue weighted by molar-refractivity contribution is 5.98. The molecule has 3 rings (SSSR count). The Morgan fingerprint density at radius 3 is 2.46 bits per heavy atom. The largest absolute Gasteiger partial charge is 0.465 e. The molecule has 0 aromatic heterocycles. The van der Waals surface area contributed by atoms with Crippen molar-refractivity contribution in [2.24, 2.45) is 0 Å². The second kappa shape index (κ2) is 12.5. The van der Waals surface area contributed by atoms with Crippen LogP contribution < -0.4 is 10.2 Å². The number of likely N-dealkylation sites (N-methyl/N-ethyl adjacent to an activating group) is 1. The van der Waals surface area contributed by atoms with Gasteiger partial charge in [-0.05, 0) is 69.0 Å². The zero-order valence-electron chi connectivity index (χ0n) is 23.5. The van der Waals surface area contributed by atoms with Crippen molar-refractivity contribution < 1.29 is 33.0 Å². The molecule has 1 aliphatic rings. The molecular formula is C29H38FN3O6. The third-order valence-corrected chi connectivity index (χ3v) is 6.52. The normalized spacial score (nSPS) is 17.4. The maximum absolute atomic E-state index is 13.9. The summed E-state index contributed by atoms with van der Waals surface area (Å²) in [6, 6.07) is 11.3. The lowest BCUT2D eigenvalue weighted by atomic mass is 9.86. The number of rotatable bonds is 8. The Balaban J connectivity index is 2.01. The minimum absolute atomic E-state index is 0.103. The summed E-state index contributed by atoms with van der Waals surface area (Å²) in [6.45, 7) is 6.57. The Labute approximate surface area is 229 Å². The van der Waals surface area contributed by atoms with E-state index in [4.69, 9.17) is 14.2 Å². The quantitative estimate of drug-likeness (QED) is 0.497. The van der Waals surface area contributed by atoms with E-state index in [1.165, 1.54) is 24.1 Å². The molecule has 0 saturated carbocycles. The first-order valence-electron chi connectivity index (χ1n) is 12.9. The number of ether oxygens (including phenoxy) is 3. The van der Waals surface area contributed by atoms with Gasteiger partial charge >= 0.3 is 12.1 Å². The Kier molecular flexibility index (Phi) is 9.55. The van der Waals surface area contributed by atoms with E-state index in [1.807, 2.05) is 4.90 Å². The summed E-state index contributed by atoms with van der Waals surface area (Å²) in [5.41, 5.74) is 0.00923. The lowest BCUT2D eigenvalue weighted by Crippen LogP contribution is -2.67. The number of anilines is 1. The van der Waals surface area contributed by atoms with E-state index in [-0.39, 0.29) is 23.8 Å². The summed E-state index contributed by atoms with van der Waals surface area (Å²) >= 11 is 0. The molecule has 1 aliphatic heterocycles. The van der Waals surface area contributed by atoms with Gasteiger partial charge in [-0.25, -0.2) is 14.0 Å². The van der Waals surface area contributed by atoms with Crippen molar-refractivity contribution in [2.45, 2.75) is 44.8 Å². The van der Waals surface area contributed by atoms with Crippen LogP contribution in [0.1, 0.15) is 44.0 Å². The number of carbonyl (C=O) groups excluding carboxylic acids is 3. The molecule has 1 saturated heterocycles. The summed E-state index contributed by atoms with van der Waals surface area (Å²) < 4.78 is 29.6. The van der Waals surface area contributed by atoms with E-state index < -0.39 is 23.2 Å². The molecule has 2 aromatic carbocycles. The number of alkyl carbamates (subject to hydrolysis) is 1. The van der Waals surface area contributed by atoms with Crippen molar-refractivity contribution in [3.63, 3.8) is 0 Å². The van der Waals surface area contributed by atoms with Gasteiger partial charge in [0.2, 0.25) is 5.91 Å². The first-order valence-corrected chi connectivity index (χ1v) is 12.9. The van der Waals surface area contributed by atoms with Crippen molar-refractivity contribution in [1.82, 2.24) is 10.2 Å². The van der Waals surface area contributed by atoms with Crippen LogP contribution in [0, 0.1) is 5.82 Å². The Morgan fingerprint density at radius 2 is 1.82 bits per heavy atom. The predicted octanol–water partition coefficient (Wildman–Crippen LogP) is 4.25. The predicted molar refractivity (Wildman–Crippen MR) is 146 cm³/mol. The van der Waals surface area contributed by atoms with Crippen LogP contribution in [0.2, 0.25) is 0 Å². The number of piperidine rings is 1. The first kappa shape index (κ1) is 29.9. The van der Waals surface area contributed by atoms with Crippen molar-refractivity contribution in [2.75, 3.05) is 52.4 Å². The van der Waals surface area contributed by atoms with Crippen molar-refractivity contribution in [1.29, 1.82) is 0 Å². The van der Waals surface area contributed by atoms with Crippen molar-refractivity contribution in [3.8, 4) is 11.1 Å². The van der Waals surface area contributed by atoms with Gasteiger partial charge in [-0.2, -0.15) is 0 Å². The molecule has 1 atom stereocenters. The minimum Gasteiger partial charge on any atom is -0.465 e. The SMILES string of the molecule is COCCN(C)C(=O)C1(NC(=O)OC(C)(C)C)CCCN(c2ccc(-c3cccc(F)c3)cc2C(=O)OC)C1. The van der Waals surface area contributed by atoms with Gasteiger partial charge in [0.25, 0.3) is 0 Å². The molecule has 10 heteroatoms. The maximum Gasteiger partial charge on any atom is 0.408 e. The van der Waals surface area contributed by atoms with Crippen LogP contribution in [0.3, 0.4) is 0 Å². The molecule has 0 radical (unpaired) electrons. The van der Waals surface area contributed by atoms with E-state index in [1.54, 1.807) is 65.3 Å². The number of nitrogens with zero attached hydrogens (tertiary/aromatic N) is 2. The zero-order chi connectivity index (χ0) is 28.8. The lowest BCUT2D eigenvalue weighted by molar-refractivity contribution is -0.138. The lowest BCUT2D eigenvalue weighted by Gasteiger charge is -2.45. The van der Waals surface area contributed by atoms with E-state index in [0.29, 0.717) is 49.4 Å². The number of halogens is 1. The molecule has 0 spiro atoms. The Bertz CT molecular complexity index is 1200. The molecule has 39 heavy (non-hydrogen) atoms. The number of carbonyl (C=O) groups is 3. The monoisotopic (exact) mass is 543 g/mol. The van der Waals surface area contributed by atoms with Crippen LogP contribution >= 0.6 is 0 Å². The molecule has 2 aromatic rings. The van der Waals surface area contributed by atoms with Gasteiger partial charge in [0, 0.05) is 27.2 Å². The first-order chi connectivity index (χ1) is 18.4. The smallest absolute Gasteiger partial charge is 0.408 e. The van der Waals surface area contributed by atoms with Crippen LogP contribution in [-0.2, 0) is 19.0 Å². The van der Waals surface area contributed by atoms with Crippen LogP contribution in [0.15, 0.2) is 42.5 Å². The van der Waals surface area contributed by atoms with Gasteiger partial charge in [0.05, 0.1) is 31.5 Å². The van der Waals surface area contributed by atoms with Gasteiger partial charge in [-0.1, -0.05) is 18.2 Å². The molecule has 212 valence electrons. The number of hydrogen-bond donors (Lipinski definition) is 1. The standard InChI is InChI=1S/C29H38FN3O6/c1-28(2,3)39-27(36)31-29(26(35)32(4)15-16-37-5)13-8-14-33(19-29)24-12-11-21(18-23(24)25(34)38-6)20-9-7-10-22(30)17-20/h7,9-12,17-18H,8,13-16,19H2,1-6H3,(H,31,36). The fourth-order valence-electron chi connectivity index (χ4n) is 4.72. The van der Waals surface area contributed by atoms with E-state index in [0.717, 1.165) is 0 Å². The number of benzene rings is 2. The second-order valence-electron chi connectivity index (χ2n) is 10.7. The zero-order valence-corrected chi connectivity index (χ0v) is 23.5. The number of amides is 2. The highest BCUT2D eigenvalue weighted by Gasteiger charge is 2.46. The second-order valence-corrected chi connectivity index (χ2v) is 10.7. The molecule has 9 nitrogen and oxygen atoms in total. The number of methoxy groups -OCH3 is 2. The summed E-state index contributed by atoms with van der Waals surface area (Å²) in [5, 5.41) is 2.86. The summed E-state index contributed by atoms with van der Waals surface area (Å²) in [7, 11) is 4.50. The van der Waals surface area contributed by atoms with E-state index in [2.05, 4.69) is 5.32 Å². The Morgan fingerprint density at radius 1 is 1.10 bits per heavy atom. The number of hydrogen-bond acceptors (Lipinski definition) is 7. The molecule has 0 aliphatic carbocycles. The van der Waals surface area contributed by atoms with Gasteiger partial charge < -0.3 is 29.3 Å². The summed E-state index contributed by atoms with van der Waals surface area (Å²) in [4.78, 5) is 43.0. The summed E-state index contributed by atoms with van der Waals surface area (Å²) in [6.07, 6.45) is 0.243. The van der Waals surface area contributed by atoms with Gasteiger partial charge in [-0.15, -0.1) is 0 Å². The minimum atomic E-state index is -1.31.